The Bertz CT molecular complexity index is 1170. The molecule has 0 aliphatic carbocycles. The van der Waals surface area contributed by atoms with Crippen LogP contribution in [-0.4, -0.2) is 43.2 Å². The topological polar surface area (TPSA) is 56.0 Å². The van der Waals surface area contributed by atoms with Gasteiger partial charge in [-0.15, -0.1) is 0 Å². The minimum absolute atomic E-state index is 0.117. The van der Waals surface area contributed by atoms with Gasteiger partial charge in [0.2, 0.25) is 0 Å². The van der Waals surface area contributed by atoms with Crippen molar-refractivity contribution >= 4 is 16.9 Å². The molecule has 146 valence electrons. The van der Waals surface area contributed by atoms with Crippen LogP contribution in [-0.2, 0) is 7.05 Å². The minimum atomic E-state index is 0.117. The van der Waals surface area contributed by atoms with Crippen molar-refractivity contribution in [3.63, 3.8) is 0 Å². The molecule has 0 N–H and O–H groups in total. The number of aromatic nitrogens is 4. The van der Waals surface area contributed by atoms with Crippen molar-refractivity contribution in [2.45, 2.75) is 19.3 Å². The van der Waals surface area contributed by atoms with Gasteiger partial charge < -0.3 is 4.90 Å². The zero-order valence-corrected chi connectivity index (χ0v) is 16.5. The van der Waals surface area contributed by atoms with Crippen molar-refractivity contribution in [2.75, 3.05) is 13.1 Å². The number of carbonyl (C=O) groups excluding carboxylic acids is 1. The normalized spacial score (nSPS) is 14.4. The summed E-state index contributed by atoms with van der Waals surface area (Å²) in [5.74, 6) is 0.117. The van der Waals surface area contributed by atoms with Crippen LogP contribution in [0, 0.1) is 0 Å². The van der Waals surface area contributed by atoms with Crippen LogP contribution in [0.4, 0.5) is 0 Å². The SMILES string of the molecule is Cn1cc(-c2ccc(-n3cnc4ccc(C(=O)N5CCCCC5)cc43)cc2)cn1. The van der Waals surface area contributed by atoms with Crippen LogP contribution in [0.1, 0.15) is 29.6 Å². The molecule has 1 aliphatic heterocycles. The quantitative estimate of drug-likeness (QED) is 0.535. The predicted molar refractivity (Wildman–Crippen MR) is 113 cm³/mol. The maximum absolute atomic E-state index is 12.9. The van der Waals surface area contributed by atoms with Crippen molar-refractivity contribution in [3.8, 4) is 16.8 Å². The van der Waals surface area contributed by atoms with E-state index in [9.17, 15) is 4.79 Å². The molecular formula is C23H23N5O. The molecule has 5 rings (SSSR count). The van der Waals surface area contributed by atoms with Crippen LogP contribution in [0.25, 0.3) is 27.8 Å². The van der Waals surface area contributed by atoms with Gasteiger partial charge in [-0.3, -0.25) is 14.0 Å². The lowest BCUT2D eigenvalue weighted by Crippen LogP contribution is -2.35. The number of piperidine rings is 1. The fourth-order valence-corrected chi connectivity index (χ4v) is 4.01. The molecule has 1 saturated heterocycles. The van der Waals surface area contributed by atoms with E-state index in [2.05, 4.69) is 34.3 Å². The van der Waals surface area contributed by atoms with Crippen molar-refractivity contribution in [2.24, 2.45) is 7.05 Å². The third kappa shape index (κ3) is 3.31. The van der Waals surface area contributed by atoms with Crippen LogP contribution in [0.15, 0.2) is 61.2 Å². The maximum Gasteiger partial charge on any atom is 0.253 e. The molecule has 0 saturated carbocycles. The lowest BCUT2D eigenvalue weighted by atomic mass is 10.1. The molecule has 1 aliphatic rings. The number of hydrogen-bond donors (Lipinski definition) is 0. The first-order chi connectivity index (χ1) is 14.2. The summed E-state index contributed by atoms with van der Waals surface area (Å²) in [6.45, 7) is 1.71. The zero-order chi connectivity index (χ0) is 19.8. The summed E-state index contributed by atoms with van der Waals surface area (Å²) >= 11 is 0. The third-order valence-electron chi connectivity index (χ3n) is 5.62. The summed E-state index contributed by atoms with van der Waals surface area (Å²) in [7, 11) is 1.91. The number of benzene rings is 2. The Balaban J connectivity index is 1.48. The summed E-state index contributed by atoms with van der Waals surface area (Å²) in [6, 6.07) is 14.1. The Labute approximate surface area is 169 Å². The van der Waals surface area contributed by atoms with Gasteiger partial charge in [-0.05, 0) is 55.2 Å². The lowest BCUT2D eigenvalue weighted by molar-refractivity contribution is 0.0724. The summed E-state index contributed by atoms with van der Waals surface area (Å²) in [5, 5.41) is 4.24. The molecule has 2 aromatic carbocycles. The first-order valence-electron chi connectivity index (χ1n) is 10.0. The predicted octanol–water partition coefficient (Wildman–Crippen LogP) is 4.05. The summed E-state index contributed by atoms with van der Waals surface area (Å²) in [5.41, 5.74) is 5.78. The molecule has 1 amide bonds. The second-order valence-corrected chi connectivity index (χ2v) is 7.62. The number of nitrogens with zero attached hydrogens (tertiary/aromatic N) is 5. The Kier molecular flexibility index (Phi) is 4.39. The highest BCUT2D eigenvalue weighted by atomic mass is 16.2. The number of imidazole rings is 1. The molecule has 29 heavy (non-hydrogen) atoms. The standard InChI is InChI=1S/C23H23N5O/c1-26-15-19(14-25-26)17-5-8-20(9-6-17)28-16-24-21-10-7-18(13-22(21)28)23(29)27-11-3-2-4-12-27/h5-10,13-16H,2-4,11-12H2,1H3. The Morgan fingerprint density at radius 3 is 2.48 bits per heavy atom. The number of fused-ring (bicyclic) bond motifs is 1. The number of likely N-dealkylation sites (tertiary alicyclic amines) is 1. The van der Waals surface area contributed by atoms with E-state index in [4.69, 9.17) is 0 Å². The van der Waals surface area contributed by atoms with E-state index in [1.807, 2.05) is 53.4 Å². The van der Waals surface area contributed by atoms with Gasteiger partial charge in [-0.25, -0.2) is 4.98 Å². The monoisotopic (exact) mass is 385 g/mol. The fraction of sp³-hybridized carbons (Fsp3) is 0.261. The van der Waals surface area contributed by atoms with Crippen molar-refractivity contribution in [3.05, 3.63) is 66.7 Å². The van der Waals surface area contributed by atoms with E-state index in [0.29, 0.717) is 0 Å². The maximum atomic E-state index is 12.9. The molecule has 1 fully saturated rings. The minimum Gasteiger partial charge on any atom is -0.339 e. The van der Waals surface area contributed by atoms with Crippen LogP contribution in [0.2, 0.25) is 0 Å². The van der Waals surface area contributed by atoms with E-state index < -0.39 is 0 Å². The number of carbonyl (C=O) groups is 1. The average molecular weight is 385 g/mol. The zero-order valence-electron chi connectivity index (χ0n) is 16.5. The first-order valence-corrected chi connectivity index (χ1v) is 10.0. The lowest BCUT2D eigenvalue weighted by Gasteiger charge is -2.26. The van der Waals surface area contributed by atoms with Crippen LogP contribution in [0.5, 0.6) is 0 Å². The van der Waals surface area contributed by atoms with E-state index in [0.717, 1.165) is 59.3 Å². The smallest absolute Gasteiger partial charge is 0.253 e. The second kappa shape index (κ2) is 7.20. The average Bonchev–Trinajstić information content (AvgIpc) is 3.40. The Morgan fingerprint density at radius 2 is 1.76 bits per heavy atom. The van der Waals surface area contributed by atoms with Gasteiger partial charge in [0, 0.05) is 43.1 Å². The van der Waals surface area contributed by atoms with Crippen LogP contribution < -0.4 is 0 Å². The molecular weight excluding hydrogens is 362 g/mol. The van der Waals surface area contributed by atoms with Gasteiger partial charge in [0.15, 0.2) is 0 Å². The highest BCUT2D eigenvalue weighted by Crippen LogP contribution is 2.24. The molecule has 2 aromatic heterocycles. The van der Waals surface area contributed by atoms with Gasteiger partial charge in [0.05, 0.1) is 17.2 Å². The second-order valence-electron chi connectivity index (χ2n) is 7.62. The molecule has 4 aromatic rings. The molecule has 0 unspecified atom stereocenters. The molecule has 0 atom stereocenters. The highest BCUT2D eigenvalue weighted by molar-refractivity contribution is 5.97. The van der Waals surface area contributed by atoms with Gasteiger partial charge in [-0.1, -0.05) is 12.1 Å². The van der Waals surface area contributed by atoms with Gasteiger partial charge in [0.1, 0.15) is 6.33 Å². The fourth-order valence-electron chi connectivity index (χ4n) is 4.01. The first kappa shape index (κ1) is 17.7. The van der Waals surface area contributed by atoms with Gasteiger partial charge in [0.25, 0.3) is 5.91 Å². The van der Waals surface area contributed by atoms with E-state index in [1.54, 1.807) is 4.68 Å². The third-order valence-corrected chi connectivity index (χ3v) is 5.62. The van der Waals surface area contributed by atoms with Crippen molar-refractivity contribution in [1.82, 2.24) is 24.2 Å². The Morgan fingerprint density at radius 1 is 0.966 bits per heavy atom. The number of aryl methyl sites for hydroxylation is 1. The molecule has 6 nitrogen and oxygen atoms in total. The Hall–Kier alpha value is -3.41. The molecule has 6 heteroatoms. The van der Waals surface area contributed by atoms with E-state index in [-0.39, 0.29) is 5.91 Å². The van der Waals surface area contributed by atoms with E-state index >= 15 is 0 Å². The highest BCUT2D eigenvalue weighted by Gasteiger charge is 2.19. The van der Waals surface area contributed by atoms with Crippen molar-refractivity contribution in [1.29, 1.82) is 0 Å². The van der Waals surface area contributed by atoms with Gasteiger partial charge >= 0.3 is 0 Å². The van der Waals surface area contributed by atoms with E-state index in [1.165, 1.54) is 6.42 Å². The summed E-state index contributed by atoms with van der Waals surface area (Å²) in [4.78, 5) is 19.4. The molecule has 0 spiro atoms. The summed E-state index contributed by atoms with van der Waals surface area (Å²) in [6.07, 6.45) is 9.08. The molecule has 0 radical (unpaired) electrons. The van der Waals surface area contributed by atoms with Crippen LogP contribution in [0.3, 0.4) is 0 Å². The molecule has 3 heterocycles. The van der Waals surface area contributed by atoms with Crippen LogP contribution >= 0.6 is 0 Å². The number of rotatable bonds is 3. The number of hydrogen-bond acceptors (Lipinski definition) is 3. The number of amides is 1. The van der Waals surface area contributed by atoms with Gasteiger partial charge in [-0.2, -0.15) is 5.10 Å². The molecule has 0 bridgehead atoms. The summed E-state index contributed by atoms with van der Waals surface area (Å²) < 4.78 is 3.84. The van der Waals surface area contributed by atoms with Crippen molar-refractivity contribution < 1.29 is 4.79 Å². The largest absolute Gasteiger partial charge is 0.339 e.